The van der Waals surface area contributed by atoms with E-state index in [2.05, 4.69) is 21.2 Å². The van der Waals surface area contributed by atoms with Crippen molar-refractivity contribution in [3.63, 3.8) is 0 Å². The van der Waals surface area contributed by atoms with Gasteiger partial charge in [0, 0.05) is 10.4 Å². The van der Waals surface area contributed by atoms with Crippen molar-refractivity contribution in [1.29, 1.82) is 0 Å². The summed E-state index contributed by atoms with van der Waals surface area (Å²) in [7, 11) is 0. The molecule has 15 heavy (non-hydrogen) atoms. The maximum absolute atomic E-state index is 11.9. The van der Waals surface area contributed by atoms with Gasteiger partial charge in [-0.3, -0.25) is 4.79 Å². The molecule has 1 heterocycles. The van der Waals surface area contributed by atoms with Crippen LogP contribution in [0.5, 0.6) is 0 Å². The fraction of sp³-hybridized carbons (Fsp3) is 0.500. The van der Waals surface area contributed by atoms with Crippen LogP contribution >= 0.6 is 38.9 Å². The lowest BCUT2D eigenvalue weighted by molar-refractivity contribution is 0.0857. The second-order valence-electron chi connectivity index (χ2n) is 3.82. The van der Waals surface area contributed by atoms with Gasteiger partial charge in [-0.15, -0.1) is 22.9 Å². The Morgan fingerprint density at radius 1 is 1.67 bits per heavy atom. The van der Waals surface area contributed by atoms with E-state index >= 15 is 0 Å². The molecule has 1 saturated carbocycles. The average Bonchev–Trinajstić information content (AvgIpc) is 2.58. The van der Waals surface area contributed by atoms with E-state index in [1.807, 2.05) is 11.4 Å². The van der Waals surface area contributed by atoms with Crippen molar-refractivity contribution in [2.24, 2.45) is 0 Å². The second kappa shape index (κ2) is 4.44. The molecule has 0 bridgehead atoms. The molecule has 0 unspecified atom stereocenters. The van der Waals surface area contributed by atoms with E-state index in [0.29, 0.717) is 5.88 Å². The van der Waals surface area contributed by atoms with E-state index in [-0.39, 0.29) is 11.4 Å². The summed E-state index contributed by atoms with van der Waals surface area (Å²) in [5.74, 6) is 0.485. The molecule has 0 aliphatic heterocycles. The van der Waals surface area contributed by atoms with Crippen molar-refractivity contribution in [1.82, 2.24) is 5.32 Å². The molecule has 0 radical (unpaired) electrons. The normalized spacial score (nSPS) is 18.3. The van der Waals surface area contributed by atoms with Crippen LogP contribution in [0.25, 0.3) is 0 Å². The minimum atomic E-state index is -0.151. The molecule has 1 N–H and O–H groups in total. The SMILES string of the molecule is O=C(NC1(CCl)CCC1)c1sccc1Br. The highest BCUT2D eigenvalue weighted by molar-refractivity contribution is 9.10. The number of carbonyl (C=O) groups excluding carboxylic acids is 1. The largest absolute Gasteiger partial charge is 0.345 e. The summed E-state index contributed by atoms with van der Waals surface area (Å²) in [5, 5.41) is 4.93. The van der Waals surface area contributed by atoms with Gasteiger partial charge in [0.2, 0.25) is 0 Å². The van der Waals surface area contributed by atoms with E-state index < -0.39 is 0 Å². The van der Waals surface area contributed by atoms with Gasteiger partial charge in [0.25, 0.3) is 5.91 Å². The first-order valence-corrected chi connectivity index (χ1v) is 6.99. The third kappa shape index (κ3) is 2.22. The Bertz CT molecular complexity index is 370. The smallest absolute Gasteiger partial charge is 0.262 e. The molecule has 2 nitrogen and oxygen atoms in total. The summed E-state index contributed by atoms with van der Waals surface area (Å²) in [6.07, 6.45) is 3.13. The fourth-order valence-electron chi connectivity index (χ4n) is 1.65. The Morgan fingerprint density at radius 2 is 2.40 bits per heavy atom. The molecular formula is C10H11BrClNOS. The number of rotatable bonds is 3. The van der Waals surface area contributed by atoms with Gasteiger partial charge in [0.1, 0.15) is 4.88 Å². The van der Waals surface area contributed by atoms with Crippen LogP contribution in [0, 0.1) is 0 Å². The number of amides is 1. The van der Waals surface area contributed by atoms with Crippen molar-refractivity contribution in [3.05, 3.63) is 20.8 Å². The Hall–Kier alpha value is -0.0600. The van der Waals surface area contributed by atoms with Crippen LogP contribution in [0.2, 0.25) is 0 Å². The number of halogens is 2. The topological polar surface area (TPSA) is 29.1 Å². The molecule has 0 aromatic carbocycles. The predicted molar refractivity (Wildman–Crippen MR) is 66.8 cm³/mol. The summed E-state index contributed by atoms with van der Waals surface area (Å²) in [5.41, 5.74) is -0.151. The Balaban J connectivity index is 2.07. The number of hydrogen-bond donors (Lipinski definition) is 1. The van der Waals surface area contributed by atoms with E-state index in [9.17, 15) is 4.79 Å². The minimum Gasteiger partial charge on any atom is -0.345 e. The quantitative estimate of drug-likeness (QED) is 0.852. The first-order chi connectivity index (χ1) is 7.17. The van der Waals surface area contributed by atoms with Gasteiger partial charge in [-0.25, -0.2) is 0 Å². The molecule has 1 fully saturated rings. The first-order valence-electron chi connectivity index (χ1n) is 4.78. The zero-order valence-corrected chi connectivity index (χ0v) is 11.2. The molecule has 2 rings (SSSR count). The van der Waals surface area contributed by atoms with Gasteiger partial charge in [-0.05, 0) is 46.6 Å². The molecule has 82 valence electrons. The van der Waals surface area contributed by atoms with Crippen molar-refractivity contribution in [3.8, 4) is 0 Å². The molecule has 0 atom stereocenters. The molecule has 1 aliphatic rings. The minimum absolute atomic E-state index is 0.0165. The van der Waals surface area contributed by atoms with Gasteiger partial charge in [0.05, 0.1) is 5.54 Å². The highest BCUT2D eigenvalue weighted by Crippen LogP contribution is 2.34. The predicted octanol–water partition coefficient (Wildman–Crippen LogP) is 3.40. The van der Waals surface area contributed by atoms with Crippen LogP contribution in [0.1, 0.15) is 28.9 Å². The molecule has 1 aromatic heterocycles. The number of carbonyl (C=O) groups is 1. The lowest BCUT2D eigenvalue weighted by Gasteiger charge is -2.40. The Morgan fingerprint density at radius 3 is 2.80 bits per heavy atom. The van der Waals surface area contributed by atoms with E-state index in [4.69, 9.17) is 11.6 Å². The Kier molecular flexibility index (Phi) is 3.38. The number of alkyl halides is 1. The summed E-state index contributed by atoms with van der Waals surface area (Å²) < 4.78 is 0.856. The van der Waals surface area contributed by atoms with E-state index in [1.165, 1.54) is 11.3 Å². The van der Waals surface area contributed by atoms with E-state index in [1.54, 1.807) is 0 Å². The monoisotopic (exact) mass is 307 g/mol. The van der Waals surface area contributed by atoms with Crippen molar-refractivity contribution < 1.29 is 4.79 Å². The Labute approximate surface area is 106 Å². The molecular weight excluding hydrogens is 298 g/mol. The zero-order valence-electron chi connectivity index (χ0n) is 8.06. The molecule has 1 aliphatic carbocycles. The van der Waals surface area contributed by atoms with Gasteiger partial charge in [-0.2, -0.15) is 0 Å². The summed E-state index contributed by atoms with van der Waals surface area (Å²) in [6.45, 7) is 0. The van der Waals surface area contributed by atoms with Crippen LogP contribution < -0.4 is 5.32 Å². The lowest BCUT2D eigenvalue weighted by atomic mass is 9.78. The average molecular weight is 309 g/mol. The maximum atomic E-state index is 11.9. The van der Waals surface area contributed by atoms with Crippen LogP contribution in [-0.4, -0.2) is 17.3 Å². The lowest BCUT2D eigenvalue weighted by Crippen LogP contribution is -2.54. The van der Waals surface area contributed by atoms with Gasteiger partial charge in [-0.1, -0.05) is 0 Å². The fourth-order valence-corrected chi connectivity index (χ4v) is 3.43. The standard InChI is InChI=1S/C10H11BrClNOS/c11-7-2-5-15-8(7)9(14)13-10(6-12)3-1-4-10/h2,5H,1,3-4,6H2,(H,13,14). The highest BCUT2D eigenvalue weighted by atomic mass is 79.9. The van der Waals surface area contributed by atoms with Gasteiger partial charge >= 0.3 is 0 Å². The summed E-state index contributed by atoms with van der Waals surface area (Å²) in [4.78, 5) is 12.6. The van der Waals surface area contributed by atoms with Crippen molar-refractivity contribution in [2.75, 3.05) is 5.88 Å². The van der Waals surface area contributed by atoms with Crippen molar-refractivity contribution >= 4 is 44.8 Å². The van der Waals surface area contributed by atoms with E-state index in [0.717, 1.165) is 28.6 Å². The molecule has 5 heteroatoms. The van der Waals surface area contributed by atoms with Crippen LogP contribution in [-0.2, 0) is 0 Å². The third-order valence-electron chi connectivity index (χ3n) is 2.77. The van der Waals surface area contributed by atoms with Crippen LogP contribution in [0.15, 0.2) is 15.9 Å². The molecule has 0 spiro atoms. The molecule has 1 aromatic rings. The highest BCUT2D eigenvalue weighted by Gasteiger charge is 2.38. The third-order valence-corrected chi connectivity index (χ3v) is 5.12. The number of thiophene rings is 1. The number of nitrogens with one attached hydrogen (secondary N) is 1. The zero-order chi connectivity index (χ0) is 10.9. The maximum Gasteiger partial charge on any atom is 0.262 e. The van der Waals surface area contributed by atoms with Crippen molar-refractivity contribution in [2.45, 2.75) is 24.8 Å². The summed E-state index contributed by atoms with van der Waals surface area (Å²) >= 11 is 10.7. The summed E-state index contributed by atoms with van der Waals surface area (Å²) in [6, 6.07) is 1.88. The molecule has 1 amide bonds. The first kappa shape index (κ1) is 11.4. The van der Waals surface area contributed by atoms with Crippen LogP contribution in [0.4, 0.5) is 0 Å². The van der Waals surface area contributed by atoms with Crippen LogP contribution in [0.3, 0.4) is 0 Å². The number of hydrogen-bond acceptors (Lipinski definition) is 2. The second-order valence-corrected chi connectivity index (χ2v) is 5.86. The molecule has 0 saturated heterocycles. The van der Waals surface area contributed by atoms with Gasteiger partial charge < -0.3 is 5.32 Å². The van der Waals surface area contributed by atoms with Gasteiger partial charge in [0.15, 0.2) is 0 Å².